The fourth-order valence-electron chi connectivity index (χ4n) is 1.95. The molecule has 134 valence electrons. The summed E-state index contributed by atoms with van der Waals surface area (Å²) in [5.74, 6) is -0.122. The minimum absolute atomic E-state index is 0.00476. The van der Waals surface area contributed by atoms with Crippen molar-refractivity contribution in [2.24, 2.45) is 0 Å². The summed E-state index contributed by atoms with van der Waals surface area (Å²) in [5.41, 5.74) is 6.86. The molecule has 2 rings (SSSR count). The van der Waals surface area contributed by atoms with E-state index < -0.39 is 5.91 Å². The largest absolute Gasteiger partial charge is 0.490 e. The molecule has 7 heteroatoms. The lowest BCUT2D eigenvalue weighted by Crippen LogP contribution is -2.48. The van der Waals surface area contributed by atoms with E-state index in [-0.39, 0.29) is 11.0 Å². The molecule has 0 aromatic heterocycles. The third-order valence-electron chi connectivity index (χ3n) is 3.31. The third kappa shape index (κ3) is 5.71. The lowest BCUT2D eigenvalue weighted by Gasteiger charge is -2.11. The van der Waals surface area contributed by atoms with Crippen LogP contribution in [0.2, 0.25) is 0 Å². The summed E-state index contributed by atoms with van der Waals surface area (Å²) in [6.07, 6.45) is 1.64. The lowest BCUT2D eigenvalue weighted by atomic mass is 10.1. The van der Waals surface area contributed by atoms with Crippen LogP contribution >= 0.6 is 12.2 Å². The smallest absolute Gasteiger partial charge is 0.269 e. The second-order valence-electron chi connectivity index (χ2n) is 5.35. The molecule has 0 saturated heterocycles. The van der Waals surface area contributed by atoms with Crippen LogP contribution in [0.5, 0.6) is 5.75 Å². The van der Waals surface area contributed by atoms with Crippen LogP contribution in [0, 0.1) is 6.92 Å². The van der Waals surface area contributed by atoms with E-state index >= 15 is 0 Å². The molecule has 0 radical (unpaired) electrons. The fraction of sp³-hybridized carbons (Fsp3) is 0.105. The summed E-state index contributed by atoms with van der Waals surface area (Å²) in [7, 11) is 0. The zero-order valence-corrected chi connectivity index (χ0v) is 15.1. The summed E-state index contributed by atoms with van der Waals surface area (Å²) >= 11 is 5.01. The van der Waals surface area contributed by atoms with E-state index in [4.69, 9.17) is 17.0 Å². The van der Waals surface area contributed by atoms with Crippen molar-refractivity contribution >= 4 is 29.1 Å². The van der Waals surface area contributed by atoms with Crippen molar-refractivity contribution in [3.05, 3.63) is 77.9 Å². The molecule has 0 bridgehead atoms. The van der Waals surface area contributed by atoms with Gasteiger partial charge in [-0.15, -0.1) is 0 Å². The number of rotatable bonds is 5. The molecule has 0 heterocycles. The molecule has 0 atom stereocenters. The number of nitrogens with one attached hydrogen (secondary N) is 3. The Hall–Kier alpha value is -3.19. The first-order chi connectivity index (χ1) is 12.5. The number of carbonyl (C=O) groups is 2. The maximum atomic E-state index is 12.1. The first-order valence-corrected chi connectivity index (χ1v) is 8.22. The zero-order chi connectivity index (χ0) is 18.9. The van der Waals surface area contributed by atoms with Gasteiger partial charge in [0, 0.05) is 11.1 Å². The van der Waals surface area contributed by atoms with Crippen LogP contribution in [0.1, 0.15) is 26.3 Å². The lowest BCUT2D eigenvalue weighted by molar-refractivity contribution is 0.0934. The molecule has 3 N–H and O–H groups in total. The van der Waals surface area contributed by atoms with Gasteiger partial charge in [-0.05, 0) is 55.5 Å². The summed E-state index contributed by atoms with van der Waals surface area (Å²) in [6.45, 7) is 5.89. The van der Waals surface area contributed by atoms with Gasteiger partial charge in [-0.3, -0.25) is 25.8 Å². The van der Waals surface area contributed by atoms with Gasteiger partial charge in [0.1, 0.15) is 12.4 Å². The van der Waals surface area contributed by atoms with Crippen molar-refractivity contribution in [2.45, 2.75) is 6.92 Å². The van der Waals surface area contributed by atoms with Gasteiger partial charge in [-0.25, -0.2) is 0 Å². The minimum Gasteiger partial charge on any atom is -0.490 e. The van der Waals surface area contributed by atoms with Crippen molar-refractivity contribution in [3.63, 3.8) is 0 Å². The Morgan fingerprint density at radius 2 is 1.58 bits per heavy atom. The minimum atomic E-state index is -0.396. The predicted molar refractivity (Wildman–Crippen MR) is 104 cm³/mol. The number of hydrazine groups is 1. The molecular weight excluding hydrogens is 350 g/mol. The summed E-state index contributed by atoms with van der Waals surface area (Å²) < 4.78 is 5.35. The molecule has 2 amide bonds. The van der Waals surface area contributed by atoms with E-state index in [0.29, 0.717) is 23.5 Å². The highest BCUT2D eigenvalue weighted by Crippen LogP contribution is 2.11. The molecule has 0 fully saturated rings. The second kappa shape index (κ2) is 9.33. The topological polar surface area (TPSA) is 79.5 Å². The number of hydrogen-bond donors (Lipinski definition) is 3. The van der Waals surface area contributed by atoms with Crippen LogP contribution in [0.3, 0.4) is 0 Å². The van der Waals surface area contributed by atoms with E-state index in [2.05, 4.69) is 22.7 Å². The number of hydrogen-bond acceptors (Lipinski definition) is 4. The van der Waals surface area contributed by atoms with Crippen molar-refractivity contribution in [1.29, 1.82) is 0 Å². The highest BCUT2D eigenvalue weighted by Gasteiger charge is 2.09. The Balaban J connectivity index is 1.82. The number of ether oxygens (including phenoxy) is 1. The van der Waals surface area contributed by atoms with E-state index in [9.17, 15) is 9.59 Å². The molecule has 6 nitrogen and oxygen atoms in total. The van der Waals surface area contributed by atoms with Crippen LogP contribution < -0.4 is 20.9 Å². The standard InChI is InChI=1S/C19H19N3O3S/c1-3-12-25-16-10-8-15(9-11-16)18(24)21-22-19(26)20-17(23)14-6-4-13(2)5-7-14/h3-11H,1,12H2,2H3,(H,21,24)(H2,20,22,23,26). The first kappa shape index (κ1) is 19.1. The van der Waals surface area contributed by atoms with E-state index in [0.717, 1.165) is 5.56 Å². The molecule has 0 aliphatic rings. The number of aryl methyl sites for hydroxylation is 1. The molecule has 26 heavy (non-hydrogen) atoms. The van der Waals surface area contributed by atoms with Crippen LogP contribution in [0.15, 0.2) is 61.2 Å². The SMILES string of the molecule is C=CCOc1ccc(C(=O)NNC(=S)NC(=O)c2ccc(C)cc2)cc1. The fourth-order valence-corrected chi connectivity index (χ4v) is 2.10. The summed E-state index contributed by atoms with van der Waals surface area (Å²) in [6, 6.07) is 13.6. The van der Waals surface area contributed by atoms with E-state index in [1.54, 1.807) is 42.5 Å². The second-order valence-corrected chi connectivity index (χ2v) is 5.76. The molecule has 0 saturated carbocycles. The van der Waals surface area contributed by atoms with Crippen LogP contribution in [-0.2, 0) is 0 Å². The highest BCUT2D eigenvalue weighted by atomic mass is 32.1. The van der Waals surface area contributed by atoms with Crippen LogP contribution in [-0.4, -0.2) is 23.5 Å². The molecule has 2 aromatic rings. The van der Waals surface area contributed by atoms with Gasteiger partial charge < -0.3 is 4.74 Å². The van der Waals surface area contributed by atoms with Crippen LogP contribution in [0.4, 0.5) is 0 Å². The van der Waals surface area contributed by atoms with Gasteiger partial charge in [-0.1, -0.05) is 30.4 Å². The Morgan fingerprint density at radius 3 is 2.19 bits per heavy atom. The maximum Gasteiger partial charge on any atom is 0.269 e. The van der Waals surface area contributed by atoms with E-state index in [1.807, 2.05) is 19.1 Å². The quantitative estimate of drug-likeness (QED) is 0.429. The normalized spacial score (nSPS) is 9.73. The maximum absolute atomic E-state index is 12.1. The summed E-state index contributed by atoms with van der Waals surface area (Å²) in [4.78, 5) is 24.1. The summed E-state index contributed by atoms with van der Waals surface area (Å²) in [5, 5.41) is 2.49. The Kier molecular flexibility index (Phi) is 6.87. The van der Waals surface area contributed by atoms with Gasteiger partial charge in [-0.2, -0.15) is 0 Å². The Labute approximate surface area is 157 Å². The highest BCUT2D eigenvalue weighted by molar-refractivity contribution is 7.80. The van der Waals surface area contributed by atoms with Gasteiger partial charge in [0.05, 0.1) is 0 Å². The average molecular weight is 369 g/mol. The monoisotopic (exact) mass is 369 g/mol. The van der Waals surface area contributed by atoms with Gasteiger partial charge in [0.2, 0.25) is 0 Å². The van der Waals surface area contributed by atoms with Crippen molar-refractivity contribution in [2.75, 3.05) is 6.61 Å². The third-order valence-corrected chi connectivity index (χ3v) is 3.52. The van der Waals surface area contributed by atoms with Crippen molar-refractivity contribution in [3.8, 4) is 5.75 Å². The molecule has 2 aromatic carbocycles. The average Bonchev–Trinajstić information content (AvgIpc) is 2.65. The number of thiocarbonyl (C=S) groups is 1. The van der Waals surface area contributed by atoms with Gasteiger partial charge in [0.15, 0.2) is 5.11 Å². The molecule has 0 aliphatic heterocycles. The molecule has 0 aliphatic carbocycles. The number of carbonyl (C=O) groups excluding carboxylic acids is 2. The molecule has 0 spiro atoms. The van der Waals surface area contributed by atoms with Gasteiger partial charge in [0.25, 0.3) is 11.8 Å². The molecular formula is C19H19N3O3S. The Bertz CT molecular complexity index is 802. The van der Waals surface area contributed by atoms with Crippen molar-refractivity contribution in [1.82, 2.24) is 16.2 Å². The van der Waals surface area contributed by atoms with E-state index in [1.165, 1.54) is 0 Å². The number of benzene rings is 2. The predicted octanol–water partition coefficient (Wildman–Crippen LogP) is 2.51. The Morgan fingerprint density at radius 1 is 1.00 bits per heavy atom. The van der Waals surface area contributed by atoms with Crippen molar-refractivity contribution < 1.29 is 14.3 Å². The number of amides is 2. The first-order valence-electron chi connectivity index (χ1n) is 7.81. The molecule has 0 unspecified atom stereocenters. The van der Waals surface area contributed by atoms with Crippen LogP contribution in [0.25, 0.3) is 0 Å². The zero-order valence-electron chi connectivity index (χ0n) is 14.2. The van der Waals surface area contributed by atoms with Gasteiger partial charge >= 0.3 is 0 Å².